The van der Waals surface area contributed by atoms with Crippen LogP contribution in [0.3, 0.4) is 0 Å². The SMILES string of the molecule is CCOc1ccc([C@H](C)NC(=O)c2cc(OC)cc(OC)c2)cc1OCC. The van der Waals surface area contributed by atoms with Crippen molar-refractivity contribution in [3.8, 4) is 23.0 Å². The molecule has 6 nitrogen and oxygen atoms in total. The molecule has 0 radical (unpaired) electrons. The highest BCUT2D eigenvalue weighted by atomic mass is 16.5. The molecular weight excluding hydrogens is 346 g/mol. The van der Waals surface area contributed by atoms with Gasteiger partial charge in [0.2, 0.25) is 0 Å². The van der Waals surface area contributed by atoms with Crippen LogP contribution >= 0.6 is 0 Å². The Bertz CT molecular complexity index is 753. The van der Waals surface area contributed by atoms with Gasteiger partial charge in [-0.1, -0.05) is 6.07 Å². The van der Waals surface area contributed by atoms with Gasteiger partial charge in [-0.05, 0) is 50.6 Å². The minimum absolute atomic E-state index is 0.216. The first-order valence-electron chi connectivity index (χ1n) is 8.95. The van der Waals surface area contributed by atoms with Gasteiger partial charge in [0, 0.05) is 11.6 Å². The molecule has 146 valence electrons. The molecule has 27 heavy (non-hydrogen) atoms. The number of ether oxygens (including phenoxy) is 4. The Morgan fingerprint density at radius 3 is 2.07 bits per heavy atom. The lowest BCUT2D eigenvalue weighted by atomic mass is 10.1. The maximum atomic E-state index is 12.7. The van der Waals surface area contributed by atoms with Gasteiger partial charge >= 0.3 is 0 Å². The van der Waals surface area contributed by atoms with Gasteiger partial charge in [0.05, 0.1) is 33.5 Å². The molecule has 1 amide bonds. The normalized spacial score (nSPS) is 11.4. The molecule has 0 spiro atoms. The number of hydrogen-bond acceptors (Lipinski definition) is 5. The fraction of sp³-hybridized carbons (Fsp3) is 0.381. The Labute approximate surface area is 160 Å². The number of methoxy groups -OCH3 is 2. The first kappa shape index (κ1) is 20.4. The lowest BCUT2D eigenvalue weighted by Gasteiger charge is -2.18. The van der Waals surface area contributed by atoms with Crippen molar-refractivity contribution in [3.05, 3.63) is 47.5 Å². The van der Waals surface area contributed by atoms with Gasteiger partial charge in [0.15, 0.2) is 11.5 Å². The zero-order valence-corrected chi connectivity index (χ0v) is 16.5. The van der Waals surface area contributed by atoms with Gasteiger partial charge in [-0.2, -0.15) is 0 Å². The van der Waals surface area contributed by atoms with Crippen molar-refractivity contribution in [1.82, 2.24) is 5.32 Å². The summed E-state index contributed by atoms with van der Waals surface area (Å²) in [4.78, 5) is 12.7. The molecule has 0 aliphatic carbocycles. The highest BCUT2D eigenvalue weighted by molar-refractivity contribution is 5.95. The molecule has 2 aromatic rings. The standard InChI is InChI=1S/C21H27NO5/c1-6-26-19-9-8-15(12-20(19)27-7-2)14(3)22-21(23)16-10-17(24-4)13-18(11-16)25-5/h8-14H,6-7H2,1-5H3,(H,22,23)/t14-/m0/s1. The van der Waals surface area contributed by atoms with Crippen LogP contribution in [0.1, 0.15) is 42.7 Å². The average Bonchev–Trinajstić information content (AvgIpc) is 2.69. The van der Waals surface area contributed by atoms with Crippen molar-refractivity contribution in [2.24, 2.45) is 0 Å². The van der Waals surface area contributed by atoms with E-state index in [-0.39, 0.29) is 11.9 Å². The zero-order chi connectivity index (χ0) is 19.8. The maximum absolute atomic E-state index is 12.7. The van der Waals surface area contributed by atoms with Crippen LogP contribution < -0.4 is 24.3 Å². The highest BCUT2D eigenvalue weighted by Crippen LogP contribution is 2.31. The van der Waals surface area contributed by atoms with Crippen molar-refractivity contribution in [3.63, 3.8) is 0 Å². The monoisotopic (exact) mass is 373 g/mol. The molecule has 0 saturated heterocycles. The third-order valence-corrected chi connectivity index (χ3v) is 4.03. The minimum Gasteiger partial charge on any atom is -0.497 e. The smallest absolute Gasteiger partial charge is 0.252 e. The van der Waals surface area contributed by atoms with Gasteiger partial charge in [-0.3, -0.25) is 4.79 Å². The molecule has 0 aliphatic heterocycles. The Balaban J connectivity index is 2.20. The number of hydrogen-bond donors (Lipinski definition) is 1. The highest BCUT2D eigenvalue weighted by Gasteiger charge is 2.16. The van der Waals surface area contributed by atoms with Crippen LogP contribution in [0.15, 0.2) is 36.4 Å². The summed E-state index contributed by atoms with van der Waals surface area (Å²) >= 11 is 0. The summed E-state index contributed by atoms with van der Waals surface area (Å²) in [6.45, 7) is 6.86. The summed E-state index contributed by atoms with van der Waals surface area (Å²) in [5, 5.41) is 2.99. The van der Waals surface area contributed by atoms with Crippen LogP contribution in [0, 0.1) is 0 Å². The molecule has 2 aromatic carbocycles. The first-order valence-corrected chi connectivity index (χ1v) is 8.95. The van der Waals surface area contributed by atoms with Gasteiger partial charge in [0.1, 0.15) is 11.5 Å². The second-order valence-electron chi connectivity index (χ2n) is 5.87. The average molecular weight is 373 g/mol. The van der Waals surface area contributed by atoms with Crippen LogP contribution in [-0.4, -0.2) is 33.3 Å². The van der Waals surface area contributed by atoms with Crippen molar-refractivity contribution < 1.29 is 23.7 Å². The predicted octanol–water partition coefficient (Wildman–Crippen LogP) is 3.99. The lowest BCUT2D eigenvalue weighted by Crippen LogP contribution is -2.26. The molecule has 0 aromatic heterocycles. The van der Waals surface area contributed by atoms with E-state index < -0.39 is 0 Å². The van der Waals surface area contributed by atoms with Crippen molar-refractivity contribution in [1.29, 1.82) is 0 Å². The lowest BCUT2D eigenvalue weighted by molar-refractivity contribution is 0.0939. The van der Waals surface area contributed by atoms with Crippen molar-refractivity contribution in [2.75, 3.05) is 27.4 Å². The van der Waals surface area contributed by atoms with E-state index in [2.05, 4.69) is 5.32 Å². The molecule has 0 saturated carbocycles. The number of carbonyl (C=O) groups excluding carboxylic acids is 1. The number of amides is 1. The van der Waals surface area contributed by atoms with E-state index in [0.29, 0.717) is 41.8 Å². The second kappa shape index (κ2) is 9.71. The Hall–Kier alpha value is -2.89. The zero-order valence-electron chi connectivity index (χ0n) is 16.5. The molecule has 2 rings (SSSR count). The number of benzene rings is 2. The molecule has 1 atom stereocenters. The van der Waals surface area contributed by atoms with E-state index in [4.69, 9.17) is 18.9 Å². The topological polar surface area (TPSA) is 66.0 Å². The number of nitrogens with one attached hydrogen (secondary N) is 1. The van der Waals surface area contributed by atoms with E-state index in [1.54, 1.807) is 32.4 Å². The predicted molar refractivity (Wildman–Crippen MR) is 104 cm³/mol. The summed E-state index contributed by atoms with van der Waals surface area (Å²) in [5.74, 6) is 2.27. The fourth-order valence-electron chi connectivity index (χ4n) is 2.64. The first-order chi connectivity index (χ1) is 13.0. The number of carbonyl (C=O) groups is 1. The fourth-order valence-corrected chi connectivity index (χ4v) is 2.64. The van der Waals surface area contributed by atoms with Crippen LogP contribution in [0.2, 0.25) is 0 Å². The van der Waals surface area contributed by atoms with Crippen LogP contribution in [-0.2, 0) is 0 Å². The third kappa shape index (κ3) is 5.29. The van der Waals surface area contributed by atoms with Gasteiger partial charge in [-0.25, -0.2) is 0 Å². The van der Waals surface area contributed by atoms with Gasteiger partial charge < -0.3 is 24.3 Å². The van der Waals surface area contributed by atoms with Gasteiger partial charge in [0.25, 0.3) is 5.91 Å². The van der Waals surface area contributed by atoms with Crippen molar-refractivity contribution in [2.45, 2.75) is 26.8 Å². The Morgan fingerprint density at radius 2 is 1.52 bits per heavy atom. The van der Waals surface area contributed by atoms with E-state index in [1.165, 1.54) is 0 Å². The Kier molecular flexibility index (Phi) is 7.34. The third-order valence-electron chi connectivity index (χ3n) is 4.03. The summed E-state index contributed by atoms with van der Waals surface area (Å²) in [7, 11) is 3.10. The van der Waals surface area contributed by atoms with E-state index in [1.807, 2.05) is 39.0 Å². The number of rotatable bonds is 9. The minimum atomic E-state index is -0.218. The summed E-state index contributed by atoms with van der Waals surface area (Å²) < 4.78 is 21.7. The van der Waals surface area contributed by atoms with E-state index in [9.17, 15) is 4.79 Å². The molecule has 0 unspecified atom stereocenters. The van der Waals surface area contributed by atoms with Gasteiger partial charge in [-0.15, -0.1) is 0 Å². The molecule has 6 heteroatoms. The van der Waals surface area contributed by atoms with E-state index in [0.717, 1.165) is 5.56 Å². The molecular formula is C21H27NO5. The summed E-state index contributed by atoms with van der Waals surface area (Å²) in [6.07, 6.45) is 0. The Morgan fingerprint density at radius 1 is 0.926 bits per heavy atom. The molecule has 1 N–H and O–H groups in total. The molecule has 0 aliphatic rings. The van der Waals surface area contributed by atoms with Crippen LogP contribution in [0.25, 0.3) is 0 Å². The largest absolute Gasteiger partial charge is 0.497 e. The molecule has 0 fully saturated rings. The summed E-state index contributed by atoms with van der Waals surface area (Å²) in [5.41, 5.74) is 1.39. The second-order valence-corrected chi connectivity index (χ2v) is 5.87. The quantitative estimate of drug-likeness (QED) is 0.720. The van der Waals surface area contributed by atoms with Crippen molar-refractivity contribution >= 4 is 5.91 Å². The summed E-state index contributed by atoms with van der Waals surface area (Å²) in [6, 6.07) is 10.5. The maximum Gasteiger partial charge on any atom is 0.252 e. The molecule has 0 bridgehead atoms. The van der Waals surface area contributed by atoms with Crippen LogP contribution in [0.4, 0.5) is 0 Å². The molecule has 0 heterocycles. The van der Waals surface area contributed by atoms with Crippen LogP contribution in [0.5, 0.6) is 23.0 Å². The van der Waals surface area contributed by atoms with E-state index >= 15 is 0 Å².